The number of fused-ring (bicyclic) bond motifs is 1. The summed E-state index contributed by atoms with van der Waals surface area (Å²) in [6.45, 7) is 0. The van der Waals surface area contributed by atoms with Gasteiger partial charge in [0.1, 0.15) is 5.52 Å². The molecule has 0 aliphatic rings. The van der Waals surface area contributed by atoms with Crippen LogP contribution in [0.4, 0.5) is 0 Å². The first-order valence-electron chi connectivity index (χ1n) is 6.70. The van der Waals surface area contributed by atoms with Gasteiger partial charge in [-0.2, -0.15) is 0 Å². The standard InChI is InChI=1S/C17H10Cl2N2O/c18-11-3-5-13(14(19)9-11)17-20-15-10-12(4-6-16(15)22-17)21-7-1-2-8-21/h1-10H. The number of rotatable bonds is 2. The first-order valence-corrected chi connectivity index (χ1v) is 7.46. The highest BCUT2D eigenvalue weighted by molar-refractivity contribution is 6.36. The Bertz CT molecular complexity index is 958. The minimum Gasteiger partial charge on any atom is -0.436 e. The lowest BCUT2D eigenvalue weighted by molar-refractivity contribution is 0.620. The Kier molecular flexibility index (Phi) is 3.17. The van der Waals surface area contributed by atoms with Crippen molar-refractivity contribution in [3.05, 3.63) is 71.0 Å². The molecular weight excluding hydrogens is 319 g/mol. The fraction of sp³-hybridized carbons (Fsp3) is 0. The van der Waals surface area contributed by atoms with Crippen molar-refractivity contribution in [2.45, 2.75) is 0 Å². The van der Waals surface area contributed by atoms with Crippen LogP contribution < -0.4 is 0 Å². The van der Waals surface area contributed by atoms with Gasteiger partial charge < -0.3 is 8.98 Å². The zero-order valence-corrected chi connectivity index (χ0v) is 12.8. The van der Waals surface area contributed by atoms with Gasteiger partial charge in [0.05, 0.1) is 10.6 Å². The van der Waals surface area contributed by atoms with Crippen molar-refractivity contribution >= 4 is 34.3 Å². The van der Waals surface area contributed by atoms with E-state index in [1.807, 2.05) is 53.4 Å². The van der Waals surface area contributed by atoms with Gasteiger partial charge in [-0.15, -0.1) is 0 Å². The van der Waals surface area contributed by atoms with E-state index in [2.05, 4.69) is 4.98 Å². The highest BCUT2D eigenvalue weighted by atomic mass is 35.5. The van der Waals surface area contributed by atoms with Crippen molar-refractivity contribution < 1.29 is 4.42 Å². The van der Waals surface area contributed by atoms with E-state index in [1.165, 1.54) is 0 Å². The second kappa shape index (κ2) is 5.20. The third-order valence-corrected chi connectivity index (χ3v) is 3.98. The van der Waals surface area contributed by atoms with Crippen molar-refractivity contribution in [1.29, 1.82) is 0 Å². The maximum Gasteiger partial charge on any atom is 0.228 e. The van der Waals surface area contributed by atoms with Gasteiger partial charge in [-0.25, -0.2) is 4.98 Å². The number of hydrogen-bond donors (Lipinski definition) is 0. The van der Waals surface area contributed by atoms with Crippen LogP contribution in [0.3, 0.4) is 0 Å². The molecule has 4 aromatic rings. The van der Waals surface area contributed by atoms with Crippen LogP contribution in [0.15, 0.2) is 65.3 Å². The van der Waals surface area contributed by atoms with Gasteiger partial charge in [0.2, 0.25) is 5.89 Å². The molecule has 3 nitrogen and oxygen atoms in total. The van der Waals surface area contributed by atoms with E-state index in [0.717, 1.165) is 22.4 Å². The van der Waals surface area contributed by atoms with E-state index >= 15 is 0 Å². The quantitative estimate of drug-likeness (QED) is 0.480. The Hall–Kier alpha value is -2.23. The van der Waals surface area contributed by atoms with Crippen LogP contribution in [0.1, 0.15) is 0 Å². The summed E-state index contributed by atoms with van der Waals surface area (Å²) in [5.74, 6) is 0.487. The van der Waals surface area contributed by atoms with Crippen molar-refractivity contribution in [2.75, 3.05) is 0 Å². The summed E-state index contributed by atoms with van der Waals surface area (Å²) < 4.78 is 7.82. The molecule has 2 aromatic heterocycles. The summed E-state index contributed by atoms with van der Waals surface area (Å²) in [6, 6.07) is 15.1. The maximum absolute atomic E-state index is 6.22. The molecule has 0 bridgehead atoms. The van der Waals surface area contributed by atoms with Crippen LogP contribution in [0.2, 0.25) is 10.0 Å². The van der Waals surface area contributed by atoms with Gasteiger partial charge in [-0.05, 0) is 48.5 Å². The van der Waals surface area contributed by atoms with Crippen molar-refractivity contribution in [3.8, 4) is 17.1 Å². The summed E-state index contributed by atoms with van der Waals surface area (Å²) in [5.41, 5.74) is 3.26. The number of benzene rings is 2. The van der Waals surface area contributed by atoms with Gasteiger partial charge in [0, 0.05) is 23.1 Å². The SMILES string of the molecule is Clc1ccc(-c2nc3cc(-n4cccc4)ccc3o2)c(Cl)c1. The maximum atomic E-state index is 6.22. The number of nitrogens with zero attached hydrogens (tertiary/aromatic N) is 2. The van der Waals surface area contributed by atoms with Crippen LogP contribution in [0, 0.1) is 0 Å². The first-order chi connectivity index (χ1) is 10.7. The molecule has 0 N–H and O–H groups in total. The van der Waals surface area contributed by atoms with Crippen molar-refractivity contribution in [1.82, 2.24) is 9.55 Å². The Morgan fingerprint density at radius 2 is 1.77 bits per heavy atom. The molecule has 2 heterocycles. The normalized spacial score (nSPS) is 11.2. The topological polar surface area (TPSA) is 31.0 Å². The molecule has 0 amide bonds. The zero-order chi connectivity index (χ0) is 15.1. The predicted molar refractivity (Wildman–Crippen MR) is 88.8 cm³/mol. The van der Waals surface area contributed by atoms with E-state index in [-0.39, 0.29) is 0 Å². The summed E-state index contributed by atoms with van der Waals surface area (Å²) in [4.78, 5) is 4.54. The molecule has 4 rings (SSSR count). The van der Waals surface area contributed by atoms with Crippen LogP contribution in [0.5, 0.6) is 0 Å². The second-order valence-corrected chi connectivity index (χ2v) is 5.73. The predicted octanol–water partition coefficient (Wildman–Crippen LogP) is 5.59. The van der Waals surface area contributed by atoms with Crippen LogP contribution >= 0.6 is 23.2 Å². The number of aromatic nitrogens is 2. The number of halogens is 2. The first kappa shape index (κ1) is 13.4. The molecule has 0 spiro atoms. The monoisotopic (exact) mass is 328 g/mol. The average molecular weight is 329 g/mol. The minimum absolute atomic E-state index is 0.487. The fourth-order valence-electron chi connectivity index (χ4n) is 2.36. The lowest BCUT2D eigenvalue weighted by Gasteiger charge is -2.00. The molecule has 0 atom stereocenters. The van der Waals surface area contributed by atoms with E-state index in [0.29, 0.717) is 15.9 Å². The van der Waals surface area contributed by atoms with Crippen LogP contribution in [-0.2, 0) is 0 Å². The third kappa shape index (κ3) is 2.28. The highest BCUT2D eigenvalue weighted by Crippen LogP contribution is 2.32. The lowest BCUT2D eigenvalue weighted by Crippen LogP contribution is -1.88. The molecule has 22 heavy (non-hydrogen) atoms. The van der Waals surface area contributed by atoms with E-state index in [4.69, 9.17) is 27.6 Å². The summed E-state index contributed by atoms with van der Waals surface area (Å²) in [6.07, 6.45) is 3.97. The lowest BCUT2D eigenvalue weighted by atomic mass is 10.2. The Labute approximate surface area is 136 Å². The molecule has 108 valence electrons. The van der Waals surface area contributed by atoms with Gasteiger partial charge in [-0.1, -0.05) is 23.2 Å². The van der Waals surface area contributed by atoms with E-state index < -0.39 is 0 Å². The van der Waals surface area contributed by atoms with E-state index in [9.17, 15) is 0 Å². The highest BCUT2D eigenvalue weighted by Gasteiger charge is 2.12. The van der Waals surface area contributed by atoms with Gasteiger partial charge in [0.25, 0.3) is 0 Å². The average Bonchev–Trinajstić information content (AvgIpc) is 3.15. The fourth-order valence-corrected chi connectivity index (χ4v) is 2.85. The Morgan fingerprint density at radius 3 is 2.55 bits per heavy atom. The molecule has 0 aliphatic heterocycles. The molecule has 0 unspecified atom stereocenters. The summed E-state index contributed by atoms with van der Waals surface area (Å²) in [7, 11) is 0. The van der Waals surface area contributed by atoms with Gasteiger partial charge >= 0.3 is 0 Å². The molecular formula is C17H10Cl2N2O. The minimum atomic E-state index is 0.487. The van der Waals surface area contributed by atoms with E-state index in [1.54, 1.807) is 12.1 Å². The third-order valence-electron chi connectivity index (χ3n) is 3.44. The zero-order valence-electron chi connectivity index (χ0n) is 11.3. The molecule has 0 saturated carbocycles. The van der Waals surface area contributed by atoms with Crippen LogP contribution in [-0.4, -0.2) is 9.55 Å². The molecule has 5 heteroatoms. The molecule has 0 saturated heterocycles. The molecule has 2 aromatic carbocycles. The van der Waals surface area contributed by atoms with Crippen LogP contribution in [0.25, 0.3) is 28.2 Å². The largest absolute Gasteiger partial charge is 0.436 e. The Balaban J connectivity index is 1.84. The Morgan fingerprint density at radius 1 is 0.955 bits per heavy atom. The van der Waals surface area contributed by atoms with Crippen molar-refractivity contribution in [2.24, 2.45) is 0 Å². The summed E-state index contributed by atoms with van der Waals surface area (Å²) in [5, 5.41) is 1.10. The smallest absolute Gasteiger partial charge is 0.228 e. The van der Waals surface area contributed by atoms with Gasteiger partial charge in [-0.3, -0.25) is 0 Å². The second-order valence-electron chi connectivity index (χ2n) is 4.89. The number of oxazole rings is 1. The molecule has 0 fully saturated rings. The number of hydrogen-bond acceptors (Lipinski definition) is 2. The summed E-state index contributed by atoms with van der Waals surface area (Å²) >= 11 is 12.1. The molecule has 0 aliphatic carbocycles. The molecule has 0 radical (unpaired) electrons. The van der Waals surface area contributed by atoms with Crippen molar-refractivity contribution in [3.63, 3.8) is 0 Å². The van der Waals surface area contributed by atoms with Gasteiger partial charge in [0.15, 0.2) is 5.58 Å².